The van der Waals surface area contributed by atoms with Gasteiger partial charge in [0.2, 0.25) is 0 Å². The van der Waals surface area contributed by atoms with Gasteiger partial charge in [-0.2, -0.15) is 0 Å². The third-order valence-electron chi connectivity index (χ3n) is 6.13. The molecular formula is C29H42Cl2N2O4. The number of nitrogens with zero attached hydrogens (tertiary/aromatic N) is 1. The van der Waals surface area contributed by atoms with Crippen molar-refractivity contribution in [1.29, 1.82) is 0 Å². The maximum absolute atomic E-state index is 11.7. The third kappa shape index (κ3) is 13.7. The van der Waals surface area contributed by atoms with E-state index in [2.05, 4.69) is 18.8 Å². The van der Waals surface area contributed by atoms with Crippen LogP contribution in [-0.4, -0.2) is 27.1 Å². The Bertz CT molecular complexity index is 932. The van der Waals surface area contributed by atoms with Gasteiger partial charge < -0.3 is 15.9 Å². The Morgan fingerprint density at radius 1 is 0.730 bits per heavy atom. The number of unbranched alkanes of at least 4 members (excludes halogenated alkanes) is 10. The Morgan fingerprint density at radius 2 is 1.22 bits per heavy atom. The molecule has 0 bridgehead atoms. The number of halogens is 2. The van der Waals surface area contributed by atoms with Gasteiger partial charge in [-0.1, -0.05) is 107 Å². The van der Waals surface area contributed by atoms with Gasteiger partial charge in [-0.05, 0) is 55.0 Å². The number of aryl methyl sites for hydroxylation is 2. The number of hydrogen-bond donors (Lipinski definition) is 3. The van der Waals surface area contributed by atoms with Crippen molar-refractivity contribution >= 4 is 40.8 Å². The Labute approximate surface area is 231 Å². The average molecular weight is 554 g/mol. The lowest BCUT2D eigenvalue weighted by Crippen LogP contribution is -2.13. The fourth-order valence-electron chi connectivity index (χ4n) is 4.22. The van der Waals surface area contributed by atoms with Crippen LogP contribution in [0.15, 0.2) is 24.3 Å². The van der Waals surface area contributed by atoms with Crippen LogP contribution in [0.2, 0.25) is 10.3 Å². The highest BCUT2D eigenvalue weighted by atomic mass is 35.5. The molecule has 0 fully saturated rings. The molecule has 0 spiro atoms. The molecule has 1 heterocycles. The van der Waals surface area contributed by atoms with Crippen LogP contribution in [0, 0.1) is 0 Å². The number of rotatable bonds is 16. The summed E-state index contributed by atoms with van der Waals surface area (Å²) in [6.45, 7) is 4.38. The van der Waals surface area contributed by atoms with Gasteiger partial charge >= 0.3 is 11.9 Å². The SMILES string of the molecule is CCCCCCCCc1cc(CCCCCCCC)c(C(=O)O)c(C(=O)O)c1.Nc1cc(Cl)nc(Cl)c1. The number of hydrogen-bond acceptors (Lipinski definition) is 4. The summed E-state index contributed by atoms with van der Waals surface area (Å²) in [5, 5.41) is 19.8. The quantitative estimate of drug-likeness (QED) is 0.141. The number of carbonyl (C=O) groups is 2. The standard InChI is InChI=1S/C24H38O4.C5H4Cl2N2/c1-3-5-7-9-11-13-15-19-17-20(16-14-12-10-8-6-4-2)22(24(27)28)21(18-19)23(25)26;6-4-1-3(8)2-5(7)9-4/h17-18H,3-16H2,1-2H3,(H,25,26)(H,27,28);1-2H,(H2,8,9). The summed E-state index contributed by atoms with van der Waals surface area (Å²) < 4.78 is 0. The summed E-state index contributed by atoms with van der Waals surface area (Å²) >= 11 is 10.9. The molecule has 2 rings (SSSR count). The van der Waals surface area contributed by atoms with Crippen molar-refractivity contribution in [3.05, 3.63) is 56.8 Å². The normalized spacial score (nSPS) is 10.6. The molecule has 1 aromatic carbocycles. The molecule has 0 saturated carbocycles. The zero-order chi connectivity index (χ0) is 27.6. The molecule has 0 atom stereocenters. The number of pyridine rings is 1. The highest BCUT2D eigenvalue weighted by Gasteiger charge is 2.21. The first-order chi connectivity index (χ1) is 17.7. The van der Waals surface area contributed by atoms with Gasteiger partial charge in [0, 0.05) is 5.69 Å². The fourth-order valence-corrected chi connectivity index (χ4v) is 4.70. The smallest absolute Gasteiger partial charge is 0.336 e. The lowest BCUT2D eigenvalue weighted by molar-refractivity contribution is 0.0650. The van der Waals surface area contributed by atoms with E-state index in [0.29, 0.717) is 28.0 Å². The van der Waals surface area contributed by atoms with E-state index < -0.39 is 11.9 Å². The summed E-state index contributed by atoms with van der Waals surface area (Å²) in [5.41, 5.74) is 7.44. The molecule has 1 aromatic heterocycles. The van der Waals surface area contributed by atoms with E-state index in [1.165, 1.54) is 57.1 Å². The maximum atomic E-state index is 11.7. The molecule has 0 aliphatic heterocycles. The third-order valence-corrected chi connectivity index (χ3v) is 6.52. The molecule has 6 nitrogen and oxygen atoms in total. The second-order valence-corrected chi connectivity index (χ2v) is 10.1. The molecule has 4 N–H and O–H groups in total. The predicted molar refractivity (Wildman–Crippen MR) is 153 cm³/mol. The van der Waals surface area contributed by atoms with Crippen molar-refractivity contribution in [1.82, 2.24) is 4.98 Å². The maximum Gasteiger partial charge on any atom is 0.336 e. The van der Waals surface area contributed by atoms with Crippen LogP contribution in [0.1, 0.15) is 123 Å². The minimum absolute atomic E-state index is 0.0206. The Kier molecular flexibility index (Phi) is 16.7. The van der Waals surface area contributed by atoms with Crippen LogP contribution in [-0.2, 0) is 12.8 Å². The van der Waals surface area contributed by atoms with Crippen molar-refractivity contribution in [2.75, 3.05) is 5.73 Å². The Morgan fingerprint density at radius 3 is 1.68 bits per heavy atom. The molecule has 0 radical (unpaired) electrons. The Hall–Kier alpha value is -2.31. The molecule has 37 heavy (non-hydrogen) atoms. The number of carboxylic acid groups (broad SMARTS) is 2. The molecule has 0 amide bonds. The number of aromatic nitrogens is 1. The van der Waals surface area contributed by atoms with Crippen molar-refractivity contribution in [2.45, 2.75) is 104 Å². The zero-order valence-electron chi connectivity index (χ0n) is 22.2. The van der Waals surface area contributed by atoms with Crippen molar-refractivity contribution in [3.8, 4) is 0 Å². The summed E-state index contributed by atoms with van der Waals surface area (Å²) in [6, 6.07) is 6.58. The zero-order valence-corrected chi connectivity index (χ0v) is 23.7. The molecule has 2 aromatic rings. The molecule has 206 valence electrons. The van der Waals surface area contributed by atoms with E-state index in [9.17, 15) is 19.8 Å². The number of carboxylic acids is 2. The average Bonchev–Trinajstić information content (AvgIpc) is 2.82. The van der Waals surface area contributed by atoms with Gasteiger partial charge in [0.15, 0.2) is 0 Å². The predicted octanol–water partition coefficient (Wildman–Crippen LogP) is 8.86. The van der Waals surface area contributed by atoms with E-state index in [-0.39, 0.29) is 11.1 Å². The number of benzene rings is 1. The molecule has 0 aliphatic carbocycles. The first-order valence-corrected chi connectivity index (χ1v) is 14.2. The van der Waals surface area contributed by atoms with Crippen molar-refractivity contribution in [3.63, 3.8) is 0 Å². The molecular weight excluding hydrogens is 511 g/mol. The van der Waals surface area contributed by atoms with Crippen LogP contribution in [0.25, 0.3) is 0 Å². The van der Waals surface area contributed by atoms with Crippen LogP contribution in [0.5, 0.6) is 0 Å². The summed E-state index contributed by atoms with van der Waals surface area (Å²) in [4.78, 5) is 27.1. The summed E-state index contributed by atoms with van der Waals surface area (Å²) in [5.74, 6) is -2.28. The summed E-state index contributed by atoms with van der Waals surface area (Å²) in [6.07, 6.45) is 15.3. The van der Waals surface area contributed by atoms with Gasteiger partial charge in [-0.3, -0.25) is 0 Å². The minimum Gasteiger partial charge on any atom is -0.478 e. The van der Waals surface area contributed by atoms with E-state index in [4.69, 9.17) is 28.9 Å². The highest BCUT2D eigenvalue weighted by molar-refractivity contribution is 6.32. The van der Waals surface area contributed by atoms with Gasteiger partial charge in [0.1, 0.15) is 10.3 Å². The molecule has 0 aliphatic rings. The fraction of sp³-hybridized carbons (Fsp3) is 0.552. The van der Waals surface area contributed by atoms with Crippen molar-refractivity contribution < 1.29 is 19.8 Å². The van der Waals surface area contributed by atoms with E-state index in [1.807, 2.05) is 6.07 Å². The molecule has 0 unspecified atom stereocenters. The summed E-state index contributed by atoms with van der Waals surface area (Å²) in [7, 11) is 0. The number of nitrogen functional groups attached to an aromatic ring is 1. The second kappa shape index (κ2) is 18.9. The lowest BCUT2D eigenvalue weighted by Gasteiger charge is -2.13. The van der Waals surface area contributed by atoms with Gasteiger partial charge in [0.25, 0.3) is 0 Å². The van der Waals surface area contributed by atoms with E-state index >= 15 is 0 Å². The second-order valence-electron chi connectivity index (χ2n) is 9.37. The van der Waals surface area contributed by atoms with E-state index in [1.54, 1.807) is 6.07 Å². The monoisotopic (exact) mass is 552 g/mol. The minimum atomic E-state index is -1.15. The largest absolute Gasteiger partial charge is 0.478 e. The highest BCUT2D eigenvalue weighted by Crippen LogP contribution is 2.23. The van der Waals surface area contributed by atoms with Crippen LogP contribution >= 0.6 is 23.2 Å². The lowest BCUT2D eigenvalue weighted by atomic mass is 9.92. The van der Waals surface area contributed by atoms with Crippen LogP contribution in [0.4, 0.5) is 5.69 Å². The van der Waals surface area contributed by atoms with Gasteiger partial charge in [0.05, 0.1) is 11.1 Å². The van der Waals surface area contributed by atoms with Crippen LogP contribution in [0.3, 0.4) is 0 Å². The van der Waals surface area contributed by atoms with Crippen molar-refractivity contribution in [2.24, 2.45) is 0 Å². The van der Waals surface area contributed by atoms with Gasteiger partial charge in [-0.15, -0.1) is 0 Å². The topological polar surface area (TPSA) is 114 Å². The Balaban J connectivity index is 0.000000635. The first kappa shape index (κ1) is 32.7. The van der Waals surface area contributed by atoms with Crippen LogP contribution < -0.4 is 5.73 Å². The number of aromatic carboxylic acids is 2. The van der Waals surface area contributed by atoms with Gasteiger partial charge in [-0.25, -0.2) is 14.6 Å². The number of anilines is 1. The molecule has 0 saturated heterocycles. The number of nitrogens with two attached hydrogens (primary N) is 1. The molecule has 8 heteroatoms. The van der Waals surface area contributed by atoms with E-state index in [0.717, 1.165) is 44.1 Å². The first-order valence-electron chi connectivity index (χ1n) is 13.4.